The molecule has 10 rings (SSSR count). The summed E-state index contributed by atoms with van der Waals surface area (Å²) in [5, 5.41) is 14.4. The second-order valence-corrected chi connectivity index (χ2v) is 24.9. The van der Waals surface area contributed by atoms with Crippen LogP contribution in [0.25, 0.3) is 11.0 Å². The number of carbonyl (C=O) groups excluding carboxylic acids is 5. The lowest BCUT2D eigenvalue weighted by atomic mass is 9.83. The van der Waals surface area contributed by atoms with Crippen LogP contribution in [0.2, 0.25) is 5.02 Å². The standard InChI is InChI=1S/C66H90ClN13O8/c1-3-87-57-40-54(86-2)19-16-50(57)41-69-42-58(81)80-28-8-13-51(43-80)48-11-7-12-49(39-48)63(83)75-60(47-9-5-4-6-10-47)64(84)71-27-38-88-53-21-29-77(30-22-53)44-59(82)78-36-34-76(35-37-78)31-23-56(46-14-17-52(67)18-15-46)74-65(85)66(68)24-32-79(33-25-66)62-55-20-26-70-61(55)72-45-73-62/h7,11-12,14-20,26,39-40,45,47,51,53,56,60,69H,3-6,8-10,13,21-25,27-38,41-44,68H2,1-2H3,(H,71,84)(H,74,85)(H,75,83)(H,70,72,73)/t51?,56-,60+/m0/s1. The summed E-state index contributed by atoms with van der Waals surface area (Å²) in [7, 11) is 1.62. The summed E-state index contributed by atoms with van der Waals surface area (Å²) in [6, 6.07) is 22.0. The molecule has 3 atom stereocenters. The van der Waals surface area contributed by atoms with Crippen LogP contribution in [-0.2, 0) is 30.5 Å². The summed E-state index contributed by atoms with van der Waals surface area (Å²) in [5.41, 5.74) is 10.1. The number of fused-ring (bicyclic) bond motifs is 1. The molecule has 3 aromatic carbocycles. The van der Waals surface area contributed by atoms with Crippen LogP contribution < -0.4 is 41.4 Å². The molecule has 22 heteroatoms. The first-order valence-corrected chi connectivity index (χ1v) is 32.4. The highest BCUT2D eigenvalue weighted by atomic mass is 35.5. The molecule has 0 bridgehead atoms. The lowest BCUT2D eigenvalue weighted by Gasteiger charge is -2.40. The number of ether oxygens (including phenoxy) is 3. The number of benzene rings is 3. The van der Waals surface area contributed by atoms with E-state index in [1.165, 1.54) is 0 Å². The lowest BCUT2D eigenvalue weighted by Crippen LogP contribution is -2.60. The van der Waals surface area contributed by atoms with Gasteiger partial charge in [0.25, 0.3) is 5.91 Å². The highest BCUT2D eigenvalue weighted by Gasteiger charge is 2.40. The van der Waals surface area contributed by atoms with Crippen LogP contribution >= 0.6 is 11.6 Å². The lowest BCUT2D eigenvalue weighted by molar-refractivity contribution is -0.135. The number of halogens is 1. The number of hydrogen-bond acceptors (Lipinski definition) is 15. The molecule has 5 fully saturated rings. The molecule has 1 aliphatic carbocycles. The molecule has 21 nitrogen and oxygen atoms in total. The Bertz CT molecular complexity index is 3120. The number of nitrogens with zero attached hydrogens (tertiary/aromatic N) is 7. The molecule has 5 aromatic rings. The minimum Gasteiger partial charge on any atom is -0.497 e. The fourth-order valence-corrected chi connectivity index (χ4v) is 13.5. The Hall–Kier alpha value is -6.88. The number of nitrogens with one attached hydrogen (secondary N) is 5. The van der Waals surface area contributed by atoms with Gasteiger partial charge in [-0.2, -0.15) is 0 Å². The van der Waals surface area contributed by atoms with Gasteiger partial charge in [-0.3, -0.25) is 33.8 Å². The minimum absolute atomic E-state index is 0.0230. The minimum atomic E-state index is -1.03. The van der Waals surface area contributed by atoms with Gasteiger partial charge in [-0.05, 0) is 118 Å². The van der Waals surface area contributed by atoms with Crippen molar-refractivity contribution in [2.45, 2.75) is 120 Å². The Labute approximate surface area is 522 Å². The zero-order valence-electron chi connectivity index (χ0n) is 51.3. The monoisotopic (exact) mass is 1230 g/mol. The van der Waals surface area contributed by atoms with E-state index >= 15 is 0 Å². The van der Waals surface area contributed by atoms with Crippen molar-refractivity contribution >= 4 is 58.0 Å². The number of amides is 5. The topological polar surface area (TPSA) is 245 Å². The zero-order chi connectivity index (χ0) is 61.4. The number of likely N-dealkylation sites (tertiary alicyclic amines) is 2. The molecule has 88 heavy (non-hydrogen) atoms. The number of anilines is 1. The maximum Gasteiger partial charge on any atom is 0.251 e. The van der Waals surface area contributed by atoms with E-state index in [1.807, 2.05) is 89.7 Å². The van der Waals surface area contributed by atoms with E-state index in [-0.39, 0.29) is 60.1 Å². The Morgan fingerprint density at radius 1 is 0.807 bits per heavy atom. The van der Waals surface area contributed by atoms with Crippen molar-refractivity contribution in [3.8, 4) is 11.5 Å². The number of piperidine rings is 3. The van der Waals surface area contributed by atoms with Crippen molar-refractivity contribution in [2.24, 2.45) is 11.7 Å². The molecule has 1 unspecified atom stereocenters. The van der Waals surface area contributed by atoms with Crippen LogP contribution in [0, 0.1) is 5.92 Å². The van der Waals surface area contributed by atoms with Crippen LogP contribution in [-0.4, -0.2) is 194 Å². The summed E-state index contributed by atoms with van der Waals surface area (Å²) in [6.07, 6.45) is 13.3. The summed E-state index contributed by atoms with van der Waals surface area (Å²) in [4.78, 5) is 91.8. The molecule has 1 saturated carbocycles. The molecule has 474 valence electrons. The van der Waals surface area contributed by atoms with E-state index in [0.29, 0.717) is 108 Å². The largest absolute Gasteiger partial charge is 0.497 e. The van der Waals surface area contributed by atoms with Gasteiger partial charge in [-0.1, -0.05) is 61.2 Å². The van der Waals surface area contributed by atoms with Crippen molar-refractivity contribution in [2.75, 3.05) is 117 Å². The second kappa shape index (κ2) is 31.0. The average Bonchev–Trinajstić information content (AvgIpc) is 3.97. The van der Waals surface area contributed by atoms with Gasteiger partial charge in [-0.15, -0.1) is 0 Å². The maximum absolute atomic E-state index is 14.0. The number of hydrogen-bond donors (Lipinski definition) is 6. The van der Waals surface area contributed by atoms with Gasteiger partial charge >= 0.3 is 0 Å². The van der Waals surface area contributed by atoms with E-state index in [0.717, 1.165) is 130 Å². The number of H-pyrrole nitrogens is 1. The van der Waals surface area contributed by atoms with Gasteiger partial charge < -0.3 is 60.9 Å². The second-order valence-electron chi connectivity index (χ2n) is 24.5. The number of nitrogens with two attached hydrogens (primary N) is 1. The molecule has 5 amide bonds. The number of piperazine rings is 1. The summed E-state index contributed by atoms with van der Waals surface area (Å²) >= 11 is 6.29. The fourth-order valence-electron chi connectivity index (χ4n) is 13.4. The number of rotatable bonds is 25. The van der Waals surface area contributed by atoms with Crippen LogP contribution in [0.1, 0.15) is 123 Å². The molecule has 4 aliphatic heterocycles. The van der Waals surface area contributed by atoms with Crippen molar-refractivity contribution in [1.29, 1.82) is 0 Å². The fraction of sp³-hybridized carbons (Fsp3) is 0.561. The molecule has 5 aliphatic rings. The predicted octanol–water partition coefficient (Wildman–Crippen LogP) is 6.18. The Morgan fingerprint density at radius 2 is 1.59 bits per heavy atom. The number of aromatic nitrogens is 3. The molecule has 0 radical (unpaired) electrons. The Balaban J connectivity index is 0.623. The SMILES string of the molecule is CCOc1cc(OC)ccc1CNCC(=O)N1CCCC(c2cccc(C(=O)N[C@@H](C(=O)NCCOC3CCN(CC(=O)N4CCN(CC[C@H](NC(=O)C5(N)CCN(c6ncnc7[nH]ccc67)CC5)c5ccc(Cl)cc5)CC4)CC3)C3CCCCC3)c2)C1. The molecule has 0 spiro atoms. The smallest absolute Gasteiger partial charge is 0.251 e. The van der Waals surface area contributed by atoms with Crippen LogP contribution in [0.4, 0.5) is 5.82 Å². The predicted molar refractivity (Wildman–Crippen MR) is 339 cm³/mol. The van der Waals surface area contributed by atoms with Gasteiger partial charge in [-0.25, -0.2) is 9.97 Å². The van der Waals surface area contributed by atoms with Crippen LogP contribution in [0.15, 0.2) is 85.3 Å². The van der Waals surface area contributed by atoms with Crippen molar-refractivity contribution < 1.29 is 38.2 Å². The zero-order valence-corrected chi connectivity index (χ0v) is 52.1. The van der Waals surface area contributed by atoms with Crippen LogP contribution in [0.3, 0.4) is 0 Å². The van der Waals surface area contributed by atoms with Gasteiger partial charge in [0.15, 0.2) is 0 Å². The molecule has 4 saturated heterocycles. The first-order chi connectivity index (χ1) is 42.8. The van der Waals surface area contributed by atoms with Gasteiger partial charge in [0.05, 0.1) is 56.5 Å². The number of aromatic amines is 1. The first-order valence-electron chi connectivity index (χ1n) is 32.0. The molecular formula is C66H90ClN13O8. The van der Waals surface area contributed by atoms with E-state index in [4.69, 9.17) is 31.5 Å². The third kappa shape index (κ3) is 16.9. The molecule has 7 N–H and O–H groups in total. The van der Waals surface area contributed by atoms with Gasteiger partial charge in [0, 0.05) is 119 Å². The van der Waals surface area contributed by atoms with E-state index < -0.39 is 11.6 Å². The number of methoxy groups -OCH3 is 1. The van der Waals surface area contributed by atoms with Crippen molar-refractivity contribution in [3.05, 3.63) is 113 Å². The van der Waals surface area contributed by atoms with Crippen molar-refractivity contribution in [3.63, 3.8) is 0 Å². The maximum atomic E-state index is 14.0. The van der Waals surface area contributed by atoms with E-state index in [9.17, 15) is 24.0 Å². The number of carbonyl (C=O) groups is 5. The molecular weight excluding hydrogens is 1140 g/mol. The van der Waals surface area contributed by atoms with Gasteiger partial charge in [0.2, 0.25) is 23.6 Å². The summed E-state index contributed by atoms with van der Waals surface area (Å²) < 4.78 is 17.5. The summed E-state index contributed by atoms with van der Waals surface area (Å²) in [5.74, 6) is 1.93. The van der Waals surface area contributed by atoms with Crippen LogP contribution in [0.5, 0.6) is 11.5 Å². The summed E-state index contributed by atoms with van der Waals surface area (Å²) in [6.45, 7) is 11.6. The first kappa shape index (κ1) is 64.1. The molecule has 2 aromatic heterocycles. The van der Waals surface area contributed by atoms with E-state index in [1.54, 1.807) is 19.5 Å². The Morgan fingerprint density at radius 3 is 2.35 bits per heavy atom. The Kier molecular flexibility index (Phi) is 22.6. The highest BCUT2D eigenvalue weighted by molar-refractivity contribution is 6.30. The average molecular weight is 1230 g/mol. The highest BCUT2D eigenvalue weighted by Crippen LogP contribution is 2.33. The third-order valence-electron chi connectivity index (χ3n) is 18.7. The normalized spacial score (nSPS) is 19.6. The molecule has 6 heterocycles. The third-order valence-corrected chi connectivity index (χ3v) is 18.9. The van der Waals surface area contributed by atoms with Gasteiger partial charge in [0.1, 0.15) is 35.3 Å². The quantitative estimate of drug-likeness (QED) is 0.0358. The van der Waals surface area contributed by atoms with E-state index in [2.05, 4.69) is 50.9 Å². The van der Waals surface area contributed by atoms with Crippen molar-refractivity contribution in [1.82, 2.24) is 55.8 Å².